The van der Waals surface area contributed by atoms with E-state index in [4.69, 9.17) is 10.5 Å². The van der Waals surface area contributed by atoms with E-state index in [0.717, 1.165) is 15.6 Å². The van der Waals surface area contributed by atoms with Crippen LogP contribution in [0.4, 0.5) is 5.69 Å². The minimum atomic E-state index is 0.530. The number of hydrogen-bond acceptors (Lipinski definition) is 3. The molecule has 88 valence electrons. The fourth-order valence-corrected chi connectivity index (χ4v) is 1.74. The van der Waals surface area contributed by atoms with Gasteiger partial charge >= 0.3 is 0 Å². The lowest BCUT2D eigenvalue weighted by atomic mass is 10.2. The van der Waals surface area contributed by atoms with Crippen molar-refractivity contribution in [3.63, 3.8) is 0 Å². The molecule has 2 N–H and O–H groups in total. The average molecular weight is 293 g/mol. The van der Waals surface area contributed by atoms with E-state index in [2.05, 4.69) is 20.9 Å². The SMILES string of the molecule is Cc1ccc(N)c(Oc2nccc(C)c2Br)c1. The lowest BCUT2D eigenvalue weighted by Crippen LogP contribution is -1.95. The lowest BCUT2D eigenvalue weighted by molar-refractivity contribution is 0.461. The van der Waals surface area contributed by atoms with Gasteiger partial charge in [0.25, 0.3) is 0 Å². The van der Waals surface area contributed by atoms with Crippen LogP contribution in [0.15, 0.2) is 34.9 Å². The van der Waals surface area contributed by atoms with Crippen molar-refractivity contribution in [2.45, 2.75) is 13.8 Å². The van der Waals surface area contributed by atoms with Crippen LogP contribution in [0.25, 0.3) is 0 Å². The maximum absolute atomic E-state index is 5.86. The van der Waals surface area contributed by atoms with E-state index in [9.17, 15) is 0 Å². The number of nitrogens with zero attached hydrogens (tertiary/aromatic N) is 1. The summed E-state index contributed by atoms with van der Waals surface area (Å²) in [5.74, 6) is 1.16. The summed E-state index contributed by atoms with van der Waals surface area (Å²) >= 11 is 3.45. The summed E-state index contributed by atoms with van der Waals surface area (Å²) in [5, 5.41) is 0. The molecule has 0 amide bonds. The number of pyridine rings is 1. The maximum Gasteiger partial charge on any atom is 0.233 e. The molecule has 0 fully saturated rings. The van der Waals surface area contributed by atoms with Crippen LogP contribution in [-0.2, 0) is 0 Å². The van der Waals surface area contributed by atoms with Crippen molar-refractivity contribution in [2.24, 2.45) is 0 Å². The van der Waals surface area contributed by atoms with Crippen molar-refractivity contribution < 1.29 is 4.74 Å². The summed E-state index contributed by atoms with van der Waals surface area (Å²) in [7, 11) is 0. The van der Waals surface area contributed by atoms with Crippen molar-refractivity contribution in [1.82, 2.24) is 4.98 Å². The van der Waals surface area contributed by atoms with E-state index in [1.54, 1.807) is 6.20 Å². The number of hydrogen-bond donors (Lipinski definition) is 1. The number of nitrogen functional groups attached to an aromatic ring is 1. The first-order valence-corrected chi connectivity index (χ1v) is 6.02. The zero-order valence-electron chi connectivity index (χ0n) is 9.70. The van der Waals surface area contributed by atoms with Gasteiger partial charge in [0.05, 0.1) is 10.2 Å². The Bertz CT molecular complexity index is 555. The zero-order chi connectivity index (χ0) is 12.4. The molecule has 0 aliphatic heterocycles. The van der Waals surface area contributed by atoms with Gasteiger partial charge in [0.15, 0.2) is 5.75 Å². The third-order valence-electron chi connectivity index (χ3n) is 2.43. The highest BCUT2D eigenvalue weighted by atomic mass is 79.9. The van der Waals surface area contributed by atoms with Gasteiger partial charge in [0.1, 0.15) is 0 Å². The Balaban J connectivity index is 2.38. The van der Waals surface area contributed by atoms with Gasteiger partial charge in [-0.3, -0.25) is 0 Å². The molecule has 3 nitrogen and oxygen atoms in total. The Morgan fingerprint density at radius 1 is 1.24 bits per heavy atom. The fraction of sp³-hybridized carbons (Fsp3) is 0.154. The van der Waals surface area contributed by atoms with E-state index in [0.29, 0.717) is 17.3 Å². The van der Waals surface area contributed by atoms with Crippen LogP contribution in [0.1, 0.15) is 11.1 Å². The molecule has 0 unspecified atom stereocenters. The molecule has 2 aromatic rings. The van der Waals surface area contributed by atoms with Crippen molar-refractivity contribution >= 4 is 21.6 Å². The highest BCUT2D eigenvalue weighted by Gasteiger charge is 2.08. The Hall–Kier alpha value is -1.55. The van der Waals surface area contributed by atoms with Crippen molar-refractivity contribution in [3.05, 3.63) is 46.1 Å². The normalized spacial score (nSPS) is 10.3. The molecule has 0 atom stereocenters. The molecule has 1 aromatic carbocycles. The molecule has 0 spiro atoms. The van der Waals surface area contributed by atoms with Crippen LogP contribution < -0.4 is 10.5 Å². The molecular weight excluding hydrogens is 280 g/mol. The topological polar surface area (TPSA) is 48.1 Å². The molecule has 1 heterocycles. The van der Waals surface area contributed by atoms with Gasteiger partial charge in [0.2, 0.25) is 5.88 Å². The van der Waals surface area contributed by atoms with Crippen molar-refractivity contribution in [1.29, 1.82) is 0 Å². The van der Waals surface area contributed by atoms with Crippen LogP contribution in [0.3, 0.4) is 0 Å². The second kappa shape index (κ2) is 4.75. The number of aryl methyl sites for hydroxylation is 2. The van der Waals surface area contributed by atoms with E-state index in [-0.39, 0.29) is 0 Å². The molecule has 4 heteroatoms. The third-order valence-corrected chi connectivity index (χ3v) is 3.39. The Kier molecular flexibility index (Phi) is 3.33. The molecule has 17 heavy (non-hydrogen) atoms. The maximum atomic E-state index is 5.86. The molecule has 2 rings (SSSR count). The first kappa shape index (κ1) is 11.9. The number of aromatic nitrogens is 1. The summed E-state index contributed by atoms with van der Waals surface area (Å²) in [6.07, 6.45) is 1.71. The number of ether oxygens (including phenoxy) is 1. The largest absolute Gasteiger partial charge is 0.436 e. The van der Waals surface area contributed by atoms with Crippen molar-refractivity contribution in [3.8, 4) is 11.6 Å². The van der Waals surface area contributed by atoms with Gasteiger partial charge in [-0.25, -0.2) is 4.98 Å². The van der Waals surface area contributed by atoms with Gasteiger partial charge in [-0.15, -0.1) is 0 Å². The minimum Gasteiger partial charge on any atom is -0.436 e. The van der Waals surface area contributed by atoms with Gasteiger partial charge in [-0.05, 0) is 59.1 Å². The first-order chi connectivity index (χ1) is 8.08. The van der Waals surface area contributed by atoms with Crippen LogP contribution in [0.5, 0.6) is 11.6 Å². The smallest absolute Gasteiger partial charge is 0.233 e. The van der Waals surface area contributed by atoms with E-state index < -0.39 is 0 Å². The molecule has 0 saturated carbocycles. The summed E-state index contributed by atoms with van der Waals surface area (Å²) in [4.78, 5) is 4.18. The zero-order valence-corrected chi connectivity index (χ0v) is 11.3. The highest BCUT2D eigenvalue weighted by molar-refractivity contribution is 9.10. The van der Waals surface area contributed by atoms with Crippen LogP contribution in [0.2, 0.25) is 0 Å². The number of halogens is 1. The molecule has 0 saturated heterocycles. The monoisotopic (exact) mass is 292 g/mol. The standard InChI is InChI=1S/C13H13BrN2O/c1-8-3-4-10(15)11(7-8)17-13-12(14)9(2)5-6-16-13/h3-7H,15H2,1-2H3. The first-order valence-electron chi connectivity index (χ1n) is 5.23. The number of nitrogens with two attached hydrogens (primary N) is 1. The second-order valence-corrected chi connectivity index (χ2v) is 4.68. The highest BCUT2D eigenvalue weighted by Crippen LogP contribution is 2.32. The van der Waals surface area contributed by atoms with Gasteiger partial charge in [-0.1, -0.05) is 6.07 Å². The molecule has 0 bridgehead atoms. The average Bonchev–Trinajstić information content (AvgIpc) is 2.30. The molecule has 1 aromatic heterocycles. The van der Waals surface area contributed by atoms with E-state index in [1.807, 2.05) is 38.1 Å². The Morgan fingerprint density at radius 2 is 2.00 bits per heavy atom. The molecule has 0 aliphatic carbocycles. The van der Waals surface area contributed by atoms with Gasteiger partial charge in [-0.2, -0.15) is 0 Å². The lowest BCUT2D eigenvalue weighted by Gasteiger charge is -2.10. The van der Waals surface area contributed by atoms with Crippen molar-refractivity contribution in [2.75, 3.05) is 5.73 Å². The van der Waals surface area contributed by atoms with Crippen LogP contribution in [-0.4, -0.2) is 4.98 Å². The minimum absolute atomic E-state index is 0.530. The van der Waals surface area contributed by atoms with Crippen LogP contribution >= 0.6 is 15.9 Å². The summed E-state index contributed by atoms with van der Waals surface area (Å²) < 4.78 is 6.57. The Morgan fingerprint density at radius 3 is 2.76 bits per heavy atom. The van der Waals surface area contributed by atoms with E-state index in [1.165, 1.54) is 0 Å². The van der Waals surface area contributed by atoms with Gasteiger partial charge in [0, 0.05) is 6.20 Å². The summed E-state index contributed by atoms with van der Waals surface area (Å²) in [6.45, 7) is 3.98. The predicted octanol–water partition coefficient (Wildman–Crippen LogP) is 3.84. The third kappa shape index (κ3) is 2.58. The molecule has 0 radical (unpaired) electrons. The summed E-state index contributed by atoms with van der Waals surface area (Å²) in [6, 6.07) is 7.58. The van der Waals surface area contributed by atoms with E-state index >= 15 is 0 Å². The summed E-state index contributed by atoms with van der Waals surface area (Å²) in [5.41, 5.74) is 8.63. The molecule has 0 aliphatic rings. The quantitative estimate of drug-likeness (QED) is 0.856. The van der Waals surface area contributed by atoms with Crippen LogP contribution in [0, 0.1) is 13.8 Å². The van der Waals surface area contributed by atoms with Gasteiger partial charge < -0.3 is 10.5 Å². The Labute approximate surface area is 109 Å². The number of benzene rings is 1. The predicted molar refractivity (Wildman–Crippen MR) is 72.3 cm³/mol. The number of rotatable bonds is 2. The molecular formula is C13H13BrN2O. The number of anilines is 1. The second-order valence-electron chi connectivity index (χ2n) is 3.89. The fourth-order valence-electron chi connectivity index (χ4n) is 1.42.